The highest BCUT2D eigenvalue weighted by Gasteiger charge is 2.18. The van der Waals surface area contributed by atoms with E-state index in [0.717, 1.165) is 18.8 Å². The van der Waals surface area contributed by atoms with E-state index in [9.17, 15) is 14.8 Å². The number of H-pyrrole nitrogens is 1. The molecule has 1 fully saturated rings. The first kappa shape index (κ1) is 19.8. The van der Waals surface area contributed by atoms with Gasteiger partial charge in [-0.1, -0.05) is 6.07 Å². The van der Waals surface area contributed by atoms with Gasteiger partial charge in [0.15, 0.2) is 5.88 Å². The molecule has 32 heavy (non-hydrogen) atoms. The van der Waals surface area contributed by atoms with E-state index < -0.39 is 5.82 Å². The standard InChI is InChI=1S/C23H19FN6O2/c24-16-3-1-2-14(11-25)21(16)17-10-18(22-19(28-17)13-27-23(22)31)29-20-5-4-15(12-26-20)30-6-8-32-9-7-30/h1-5,10,12-13,27,31H,6-9H2,(H,26,29). The molecule has 0 spiro atoms. The molecule has 0 bridgehead atoms. The van der Waals surface area contributed by atoms with Crippen LogP contribution in [0.3, 0.4) is 0 Å². The second-order valence-corrected chi connectivity index (χ2v) is 7.35. The highest BCUT2D eigenvalue weighted by atomic mass is 19.1. The third-order valence-corrected chi connectivity index (χ3v) is 5.41. The van der Waals surface area contributed by atoms with E-state index in [1.54, 1.807) is 12.3 Å². The number of aromatic amines is 1. The SMILES string of the molecule is N#Cc1cccc(F)c1-c1cc(Nc2ccc(N3CCOCC3)cn2)c2c(O)[nH]cc2n1. The molecule has 1 saturated heterocycles. The molecule has 0 unspecified atom stereocenters. The minimum atomic E-state index is -0.547. The summed E-state index contributed by atoms with van der Waals surface area (Å²) >= 11 is 0. The normalized spacial score (nSPS) is 13.8. The summed E-state index contributed by atoms with van der Waals surface area (Å²) in [6.07, 6.45) is 3.30. The zero-order valence-corrected chi connectivity index (χ0v) is 17.0. The van der Waals surface area contributed by atoms with Crippen LogP contribution in [0, 0.1) is 17.1 Å². The maximum atomic E-state index is 14.6. The summed E-state index contributed by atoms with van der Waals surface area (Å²) in [5.74, 6) is -0.0646. The van der Waals surface area contributed by atoms with Crippen LogP contribution >= 0.6 is 0 Å². The van der Waals surface area contributed by atoms with Gasteiger partial charge in [0.1, 0.15) is 11.6 Å². The van der Waals surface area contributed by atoms with Crippen molar-refractivity contribution in [1.29, 1.82) is 5.26 Å². The molecule has 1 aliphatic rings. The number of anilines is 3. The number of nitriles is 1. The van der Waals surface area contributed by atoms with Crippen LogP contribution in [-0.2, 0) is 4.74 Å². The van der Waals surface area contributed by atoms with Crippen LogP contribution in [0.15, 0.2) is 48.8 Å². The summed E-state index contributed by atoms with van der Waals surface area (Å²) in [7, 11) is 0. The molecule has 0 saturated carbocycles. The third kappa shape index (κ3) is 3.57. The van der Waals surface area contributed by atoms with Crippen molar-refractivity contribution in [3.63, 3.8) is 0 Å². The van der Waals surface area contributed by atoms with Gasteiger partial charge < -0.3 is 25.0 Å². The smallest absolute Gasteiger partial charge is 0.200 e. The van der Waals surface area contributed by atoms with E-state index in [0.29, 0.717) is 35.6 Å². The first-order valence-electron chi connectivity index (χ1n) is 10.1. The maximum Gasteiger partial charge on any atom is 0.200 e. The molecule has 0 aliphatic carbocycles. The number of hydrogen-bond donors (Lipinski definition) is 3. The van der Waals surface area contributed by atoms with Gasteiger partial charge in [-0.25, -0.2) is 14.4 Å². The number of nitrogens with zero attached hydrogens (tertiary/aromatic N) is 4. The van der Waals surface area contributed by atoms with Gasteiger partial charge in [0.2, 0.25) is 0 Å². The third-order valence-electron chi connectivity index (χ3n) is 5.41. The van der Waals surface area contributed by atoms with Gasteiger partial charge in [-0.05, 0) is 30.3 Å². The Bertz CT molecular complexity index is 1320. The number of aromatic hydroxyl groups is 1. The van der Waals surface area contributed by atoms with Crippen molar-refractivity contribution in [2.45, 2.75) is 0 Å². The van der Waals surface area contributed by atoms with Crippen molar-refractivity contribution in [1.82, 2.24) is 15.0 Å². The van der Waals surface area contributed by atoms with E-state index in [4.69, 9.17) is 4.74 Å². The second kappa shape index (κ2) is 8.17. The fraction of sp³-hybridized carbons (Fsp3) is 0.174. The Balaban J connectivity index is 1.54. The molecule has 160 valence electrons. The minimum Gasteiger partial charge on any atom is -0.494 e. The summed E-state index contributed by atoms with van der Waals surface area (Å²) in [5, 5.41) is 23.4. The monoisotopic (exact) mass is 430 g/mol. The Morgan fingerprint density at radius 3 is 2.81 bits per heavy atom. The number of hydrogen-bond acceptors (Lipinski definition) is 7. The van der Waals surface area contributed by atoms with E-state index in [1.807, 2.05) is 18.2 Å². The largest absolute Gasteiger partial charge is 0.494 e. The highest BCUT2D eigenvalue weighted by Crippen LogP contribution is 2.36. The topological polar surface area (TPSA) is 110 Å². The van der Waals surface area contributed by atoms with Crippen molar-refractivity contribution in [2.75, 3.05) is 36.5 Å². The van der Waals surface area contributed by atoms with Crippen molar-refractivity contribution in [2.24, 2.45) is 0 Å². The molecular formula is C23H19FN6O2. The Kier molecular flexibility index (Phi) is 5.05. The molecule has 4 heterocycles. The van der Waals surface area contributed by atoms with Gasteiger partial charge in [0.25, 0.3) is 0 Å². The molecule has 1 aliphatic heterocycles. The van der Waals surface area contributed by atoms with Crippen molar-refractivity contribution in [3.05, 3.63) is 60.2 Å². The lowest BCUT2D eigenvalue weighted by atomic mass is 10.0. The molecule has 3 aromatic heterocycles. The quantitative estimate of drug-likeness (QED) is 0.450. The van der Waals surface area contributed by atoms with Crippen molar-refractivity contribution in [3.8, 4) is 23.2 Å². The molecule has 8 nitrogen and oxygen atoms in total. The molecule has 0 radical (unpaired) electrons. The summed E-state index contributed by atoms with van der Waals surface area (Å²) in [6, 6.07) is 11.7. The molecule has 9 heteroatoms. The molecular weight excluding hydrogens is 411 g/mol. The molecule has 0 atom stereocenters. The fourth-order valence-corrected chi connectivity index (χ4v) is 3.84. The summed E-state index contributed by atoms with van der Waals surface area (Å²) < 4.78 is 20.0. The highest BCUT2D eigenvalue weighted by molar-refractivity contribution is 5.99. The lowest BCUT2D eigenvalue weighted by Gasteiger charge is -2.28. The lowest BCUT2D eigenvalue weighted by Crippen LogP contribution is -2.36. The summed E-state index contributed by atoms with van der Waals surface area (Å²) in [5.41, 5.74) is 2.47. The van der Waals surface area contributed by atoms with Crippen LogP contribution in [0.25, 0.3) is 22.2 Å². The van der Waals surface area contributed by atoms with Gasteiger partial charge in [0, 0.05) is 19.3 Å². The van der Waals surface area contributed by atoms with Crippen LogP contribution in [-0.4, -0.2) is 46.4 Å². The van der Waals surface area contributed by atoms with Crippen LogP contribution in [0.2, 0.25) is 0 Å². The predicted molar refractivity (Wildman–Crippen MR) is 118 cm³/mol. The van der Waals surface area contributed by atoms with Gasteiger partial charge >= 0.3 is 0 Å². The summed E-state index contributed by atoms with van der Waals surface area (Å²) in [4.78, 5) is 13.9. The number of pyridine rings is 2. The fourth-order valence-electron chi connectivity index (χ4n) is 3.84. The first-order chi connectivity index (χ1) is 15.6. The number of fused-ring (bicyclic) bond motifs is 1. The van der Waals surface area contributed by atoms with E-state index in [1.165, 1.54) is 24.4 Å². The molecule has 4 aromatic rings. The Morgan fingerprint density at radius 1 is 1.22 bits per heavy atom. The second-order valence-electron chi connectivity index (χ2n) is 7.35. The predicted octanol–water partition coefficient (Wildman–Crippen LogP) is 3.92. The number of morpholine rings is 1. The Hall–Kier alpha value is -4.16. The van der Waals surface area contributed by atoms with Crippen LogP contribution in [0.1, 0.15) is 5.56 Å². The molecule has 3 N–H and O–H groups in total. The number of rotatable bonds is 4. The van der Waals surface area contributed by atoms with Gasteiger partial charge in [0.05, 0.1) is 64.6 Å². The molecule has 5 rings (SSSR count). The van der Waals surface area contributed by atoms with Gasteiger partial charge in [-0.2, -0.15) is 5.26 Å². The van der Waals surface area contributed by atoms with Crippen molar-refractivity contribution >= 4 is 28.1 Å². The van der Waals surface area contributed by atoms with E-state index in [-0.39, 0.29) is 22.7 Å². The Morgan fingerprint density at radius 2 is 2.06 bits per heavy atom. The molecule has 0 amide bonds. The van der Waals surface area contributed by atoms with E-state index in [2.05, 4.69) is 25.2 Å². The zero-order chi connectivity index (χ0) is 22.1. The lowest BCUT2D eigenvalue weighted by molar-refractivity contribution is 0.122. The van der Waals surface area contributed by atoms with E-state index >= 15 is 0 Å². The number of benzene rings is 1. The van der Waals surface area contributed by atoms with Crippen LogP contribution in [0.5, 0.6) is 5.88 Å². The summed E-state index contributed by atoms with van der Waals surface area (Å²) in [6.45, 7) is 2.99. The van der Waals surface area contributed by atoms with Crippen molar-refractivity contribution < 1.29 is 14.2 Å². The average molecular weight is 430 g/mol. The van der Waals surface area contributed by atoms with Gasteiger partial charge in [-0.15, -0.1) is 0 Å². The average Bonchev–Trinajstić information content (AvgIpc) is 3.20. The zero-order valence-electron chi connectivity index (χ0n) is 17.0. The van der Waals surface area contributed by atoms with Crippen LogP contribution < -0.4 is 10.2 Å². The maximum absolute atomic E-state index is 14.6. The Labute approximate surface area is 182 Å². The number of aromatic nitrogens is 3. The number of ether oxygens (including phenoxy) is 1. The van der Waals surface area contributed by atoms with Gasteiger partial charge in [-0.3, -0.25) is 0 Å². The molecule has 1 aromatic carbocycles. The number of nitrogens with one attached hydrogen (secondary N) is 2. The minimum absolute atomic E-state index is 0.0690. The van der Waals surface area contributed by atoms with Crippen LogP contribution in [0.4, 0.5) is 21.6 Å². The number of halogens is 1. The first-order valence-corrected chi connectivity index (χ1v) is 10.1.